The second-order valence-electron chi connectivity index (χ2n) is 7.66. The van der Waals surface area contributed by atoms with E-state index >= 15 is 0 Å². The second-order valence-corrected chi connectivity index (χ2v) is 9.89. The average Bonchev–Trinajstić information content (AvgIpc) is 2.73. The molecule has 4 nitrogen and oxygen atoms in total. The fourth-order valence-corrected chi connectivity index (χ4v) is 5.46. The van der Waals surface area contributed by atoms with Gasteiger partial charge in [-0.05, 0) is 38.0 Å². The highest BCUT2D eigenvalue weighted by atomic mass is 32.2. The van der Waals surface area contributed by atoms with Gasteiger partial charge in [-0.25, -0.2) is 8.42 Å². The van der Waals surface area contributed by atoms with Gasteiger partial charge in [0.15, 0.2) is 9.84 Å². The lowest BCUT2D eigenvalue weighted by Gasteiger charge is -2.28. The third-order valence-electron chi connectivity index (χ3n) is 5.09. The van der Waals surface area contributed by atoms with Crippen molar-refractivity contribution >= 4 is 15.7 Å². The molecule has 2 fully saturated rings. The highest BCUT2D eigenvalue weighted by molar-refractivity contribution is 7.91. The largest absolute Gasteiger partial charge is 0.338 e. The summed E-state index contributed by atoms with van der Waals surface area (Å²) in [6, 6.07) is -0.124. The Bertz CT molecular complexity index is 573. The van der Waals surface area contributed by atoms with Crippen molar-refractivity contribution in [2.45, 2.75) is 53.5 Å². The fourth-order valence-electron chi connectivity index (χ4n) is 3.73. The van der Waals surface area contributed by atoms with Crippen molar-refractivity contribution in [3.63, 3.8) is 0 Å². The molecular weight excluding hydrogens is 298 g/mol. The smallest absolute Gasteiger partial charge is 0.227 e. The topological polar surface area (TPSA) is 54.5 Å². The lowest BCUT2D eigenvalue weighted by Crippen LogP contribution is -2.43. The van der Waals surface area contributed by atoms with Gasteiger partial charge in [-0.1, -0.05) is 32.4 Å². The molecule has 126 valence electrons. The number of hydrogen-bond donors (Lipinski definition) is 0. The van der Waals surface area contributed by atoms with E-state index in [2.05, 4.69) is 33.8 Å². The summed E-state index contributed by atoms with van der Waals surface area (Å²) < 4.78 is 23.5. The summed E-state index contributed by atoms with van der Waals surface area (Å²) in [5, 5.41) is 0. The summed E-state index contributed by atoms with van der Waals surface area (Å²) in [6.07, 6.45) is 3.65. The molecule has 0 spiro atoms. The molecule has 1 aliphatic heterocycles. The van der Waals surface area contributed by atoms with Crippen molar-refractivity contribution in [3.05, 3.63) is 11.6 Å². The van der Waals surface area contributed by atoms with E-state index in [1.165, 1.54) is 5.57 Å². The van der Waals surface area contributed by atoms with Crippen LogP contribution in [0.3, 0.4) is 0 Å². The minimum Gasteiger partial charge on any atom is -0.338 e. The fraction of sp³-hybridized carbons (Fsp3) is 0.824. The summed E-state index contributed by atoms with van der Waals surface area (Å²) in [5.74, 6) is 0.784. The first-order valence-corrected chi connectivity index (χ1v) is 10.1. The molecule has 22 heavy (non-hydrogen) atoms. The normalized spacial score (nSPS) is 31.6. The van der Waals surface area contributed by atoms with Crippen LogP contribution in [0.4, 0.5) is 0 Å². The summed E-state index contributed by atoms with van der Waals surface area (Å²) in [5.41, 5.74) is 1.22. The lowest BCUT2D eigenvalue weighted by atomic mass is 10.1. The molecule has 1 heterocycles. The maximum Gasteiger partial charge on any atom is 0.227 e. The van der Waals surface area contributed by atoms with E-state index < -0.39 is 9.84 Å². The number of carbonyl (C=O) groups is 1. The summed E-state index contributed by atoms with van der Waals surface area (Å²) in [7, 11) is -2.96. The van der Waals surface area contributed by atoms with Crippen LogP contribution in [-0.2, 0) is 14.6 Å². The number of hydrogen-bond acceptors (Lipinski definition) is 3. The minimum absolute atomic E-state index is 0.00254. The van der Waals surface area contributed by atoms with Crippen LogP contribution in [0.15, 0.2) is 11.6 Å². The Kier molecular flexibility index (Phi) is 4.77. The van der Waals surface area contributed by atoms with Crippen LogP contribution in [0.2, 0.25) is 0 Å². The molecule has 1 saturated heterocycles. The molecule has 0 aromatic heterocycles. The summed E-state index contributed by atoms with van der Waals surface area (Å²) in [4.78, 5) is 14.9. The minimum atomic E-state index is -2.96. The molecule has 1 amide bonds. The van der Waals surface area contributed by atoms with Gasteiger partial charge in [-0.2, -0.15) is 0 Å². The van der Waals surface area contributed by atoms with Gasteiger partial charge in [0.2, 0.25) is 5.91 Å². The molecule has 0 aromatic rings. The average molecular weight is 327 g/mol. The van der Waals surface area contributed by atoms with E-state index in [0.717, 1.165) is 6.42 Å². The highest BCUT2D eigenvalue weighted by Gasteiger charge is 2.61. The van der Waals surface area contributed by atoms with Crippen LogP contribution >= 0.6 is 0 Å². The molecular formula is C17H29NO3S. The van der Waals surface area contributed by atoms with Crippen LogP contribution in [0.5, 0.6) is 0 Å². The molecule has 0 N–H and O–H groups in total. The van der Waals surface area contributed by atoms with Gasteiger partial charge in [0.1, 0.15) is 0 Å². The van der Waals surface area contributed by atoms with Crippen LogP contribution in [-0.4, -0.2) is 43.3 Å². The summed E-state index contributed by atoms with van der Waals surface area (Å²) in [6.45, 7) is 11.1. The van der Waals surface area contributed by atoms with E-state index in [1.54, 1.807) is 0 Å². The van der Waals surface area contributed by atoms with Crippen LogP contribution in [0.1, 0.15) is 47.5 Å². The number of nitrogens with zero attached hydrogens (tertiary/aromatic N) is 1. The first kappa shape index (κ1) is 17.5. The SMILES string of the molecule is CCCN(C(=O)[C@@H]1[C@@H](C=C(C)C)C1(C)C)[C@H]1CCS(=O)(=O)C1. The molecule has 0 aromatic carbocycles. The Morgan fingerprint density at radius 2 is 1.95 bits per heavy atom. The predicted molar refractivity (Wildman–Crippen MR) is 89.3 cm³/mol. The number of sulfone groups is 1. The quantitative estimate of drug-likeness (QED) is 0.730. The van der Waals surface area contributed by atoms with E-state index in [0.29, 0.717) is 13.0 Å². The third-order valence-corrected chi connectivity index (χ3v) is 6.84. The maximum atomic E-state index is 13.0. The first-order chi connectivity index (χ1) is 10.1. The molecule has 1 aliphatic carbocycles. The zero-order chi connectivity index (χ0) is 16.7. The van der Waals surface area contributed by atoms with Crippen molar-refractivity contribution < 1.29 is 13.2 Å². The Hall–Kier alpha value is -0.840. The van der Waals surface area contributed by atoms with Crippen molar-refractivity contribution in [1.82, 2.24) is 4.90 Å². The van der Waals surface area contributed by atoms with Gasteiger partial charge in [0.05, 0.1) is 17.4 Å². The van der Waals surface area contributed by atoms with E-state index in [4.69, 9.17) is 0 Å². The van der Waals surface area contributed by atoms with Gasteiger partial charge in [-0.15, -0.1) is 0 Å². The van der Waals surface area contributed by atoms with Gasteiger partial charge in [0.25, 0.3) is 0 Å². The Morgan fingerprint density at radius 3 is 2.41 bits per heavy atom. The van der Waals surface area contributed by atoms with Gasteiger partial charge in [0, 0.05) is 12.6 Å². The molecule has 5 heteroatoms. The van der Waals surface area contributed by atoms with Crippen molar-refractivity contribution in [3.8, 4) is 0 Å². The number of carbonyl (C=O) groups excluding carboxylic acids is 1. The Balaban J connectivity index is 2.16. The number of allylic oxidation sites excluding steroid dienone is 2. The standard InChI is InChI=1S/C17H29NO3S/c1-6-8-18(13-7-9-22(20,21)11-13)16(19)15-14(10-12(2)3)17(15,4)5/h10,13-15H,6-9,11H2,1-5H3/t13-,14+,15-/m0/s1. The Labute approximate surface area is 134 Å². The zero-order valence-electron chi connectivity index (χ0n) is 14.4. The maximum absolute atomic E-state index is 13.0. The van der Waals surface area contributed by atoms with Crippen LogP contribution in [0, 0.1) is 17.3 Å². The lowest BCUT2D eigenvalue weighted by molar-refractivity contribution is -0.135. The number of amides is 1. The van der Waals surface area contributed by atoms with Crippen molar-refractivity contribution in [1.29, 1.82) is 0 Å². The van der Waals surface area contributed by atoms with E-state index in [9.17, 15) is 13.2 Å². The zero-order valence-corrected chi connectivity index (χ0v) is 15.2. The molecule has 2 aliphatic rings. The predicted octanol–water partition coefficient (Wildman–Crippen LogP) is 2.65. The van der Waals surface area contributed by atoms with Crippen LogP contribution < -0.4 is 0 Å². The second kappa shape index (κ2) is 5.99. The molecule has 1 saturated carbocycles. The van der Waals surface area contributed by atoms with E-state index in [-0.39, 0.29) is 40.7 Å². The Morgan fingerprint density at radius 1 is 1.32 bits per heavy atom. The molecule has 0 unspecified atom stereocenters. The summed E-state index contributed by atoms with van der Waals surface area (Å²) >= 11 is 0. The first-order valence-electron chi connectivity index (χ1n) is 8.26. The van der Waals surface area contributed by atoms with Crippen molar-refractivity contribution in [2.24, 2.45) is 17.3 Å². The highest BCUT2D eigenvalue weighted by Crippen LogP contribution is 2.60. The monoisotopic (exact) mass is 327 g/mol. The van der Waals surface area contributed by atoms with E-state index in [1.807, 2.05) is 11.8 Å². The molecule has 3 atom stereocenters. The third kappa shape index (κ3) is 3.39. The molecule has 2 rings (SSSR count). The number of rotatable bonds is 5. The molecule has 0 bridgehead atoms. The molecule has 0 radical (unpaired) electrons. The van der Waals surface area contributed by atoms with Gasteiger partial charge in [-0.3, -0.25) is 4.79 Å². The van der Waals surface area contributed by atoms with Crippen molar-refractivity contribution in [2.75, 3.05) is 18.1 Å². The van der Waals surface area contributed by atoms with Gasteiger partial charge < -0.3 is 4.90 Å². The van der Waals surface area contributed by atoms with Gasteiger partial charge >= 0.3 is 0 Å². The van der Waals surface area contributed by atoms with Crippen LogP contribution in [0.25, 0.3) is 0 Å².